The van der Waals surface area contributed by atoms with Gasteiger partial charge in [0.2, 0.25) is 0 Å². The van der Waals surface area contributed by atoms with Crippen LogP contribution in [0.4, 0.5) is 14.9 Å². The van der Waals surface area contributed by atoms with Gasteiger partial charge in [0, 0.05) is 44.5 Å². The second-order valence-corrected chi connectivity index (χ2v) is 7.27. The van der Waals surface area contributed by atoms with Crippen molar-refractivity contribution in [3.63, 3.8) is 0 Å². The summed E-state index contributed by atoms with van der Waals surface area (Å²) in [5, 5.41) is 4.48. The van der Waals surface area contributed by atoms with Crippen LogP contribution in [-0.4, -0.2) is 49.0 Å². The zero-order valence-corrected chi connectivity index (χ0v) is 16.3. The summed E-state index contributed by atoms with van der Waals surface area (Å²) in [6.45, 7) is 7.61. The fourth-order valence-corrected chi connectivity index (χ4v) is 2.58. The van der Waals surface area contributed by atoms with Gasteiger partial charge in [-0.2, -0.15) is 0 Å². The number of piperazine rings is 1. The minimum Gasteiger partial charge on any atom is -0.444 e. The molecule has 1 fully saturated rings. The van der Waals surface area contributed by atoms with E-state index in [2.05, 4.69) is 9.37 Å². The normalized spacial score (nSPS) is 15.3. The molecule has 9 heteroatoms. The third-order valence-electron chi connectivity index (χ3n) is 3.65. The van der Waals surface area contributed by atoms with Crippen LogP contribution in [0, 0.1) is 5.82 Å². The van der Waals surface area contributed by atoms with Crippen LogP contribution < -0.4 is 4.90 Å². The summed E-state index contributed by atoms with van der Waals surface area (Å²) in [6.07, 6.45) is 1.35. The quantitative estimate of drug-likeness (QED) is 0.320. The van der Waals surface area contributed by atoms with Crippen molar-refractivity contribution in [1.29, 1.82) is 0 Å². The van der Waals surface area contributed by atoms with E-state index in [1.807, 2.05) is 25.7 Å². The lowest BCUT2D eigenvalue weighted by Gasteiger charge is -2.37. The standard InChI is InChI=1S/C17H25FN2O5S/c1-17(2,3)23-16(21)20-9-7-19(8-10-20)15-11-13(5-6-14(15)18)12-22-24-25-26-4/h5-6,11H,7-10,12H2,1-4H3. The van der Waals surface area contributed by atoms with Gasteiger partial charge >= 0.3 is 6.09 Å². The monoisotopic (exact) mass is 388 g/mol. The lowest BCUT2D eigenvalue weighted by molar-refractivity contribution is -0.466. The van der Waals surface area contributed by atoms with Gasteiger partial charge in [-0.25, -0.2) is 14.1 Å². The molecule has 0 atom stereocenters. The molecule has 0 aliphatic carbocycles. The van der Waals surface area contributed by atoms with E-state index in [0.717, 1.165) is 17.6 Å². The zero-order valence-electron chi connectivity index (χ0n) is 15.5. The number of hydrogen-bond acceptors (Lipinski definition) is 7. The van der Waals surface area contributed by atoms with Crippen LogP contribution in [0.3, 0.4) is 0 Å². The van der Waals surface area contributed by atoms with Gasteiger partial charge in [-0.1, -0.05) is 11.1 Å². The molecule has 2 rings (SSSR count). The van der Waals surface area contributed by atoms with Crippen molar-refractivity contribution in [2.24, 2.45) is 0 Å². The molecule has 1 amide bonds. The highest BCUT2D eigenvalue weighted by atomic mass is 32.2. The number of nitrogens with zero attached hydrogens (tertiary/aromatic N) is 2. The topological polar surface area (TPSA) is 60.5 Å². The van der Waals surface area contributed by atoms with Crippen LogP contribution >= 0.6 is 12.0 Å². The van der Waals surface area contributed by atoms with Crippen molar-refractivity contribution < 1.29 is 28.2 Å². The van der Waals surface area contributed by atoms with Crippen LogP contribution in [0.1, 0.15) is 26.3 Å². The van der Waals surface area contributed by atoms with Gasteiger partial charge in [-0.15, -0.1) is 4.33 Å². The summed E-state index contributed by atoms with van der Waals surface area (Å²) in [4.78, 5) is 20.5. The number of benzene rings is 1. The number of anilines is 1. The molecule has 0 bridgehead atoms. The second-order valence-electron chi connectivity index (χ2n) is 6.81. The second kappa shape index (κ2) is 9.40. The molecule has 0 saturated carbocycles. The molecule has 0 unspecified atom stereocenters. The van der Waals surface area contributed by atoms with Crippen molar-refractivity contribution in [3.8, 4) is 0 Å². The average Bonchev–Trinajstić information content (AvgIpc) is 2.59. The number of carbonyl (C=O) groups excluding carboxylic acids is 1. The molecule has 1 aliphatic heterocycles. The molecule has 1 aliphatic rings. The van der Waals surface area contributed by atoms with Gasteiger partial charge in [-0.05, 0) is 38.5 Å². The first kappa shape index (κ1) is 20.8. The Kier molecular flexibility index (Phi) is 7.51. The van der Waals surface area contributed by atoms with Crippen molar-refractivity contribution in [2.75, 3.05) is 37.3 Å². The van der Waals surface area contributed by atoms with E-state index in [9.17, 15) is 9.18 Å². The number of hydrogen-bond donors (Lipinski definition) is 0. The lowest BCUT2D eigenvalue weighted by atomic mass is 10.1. The molecule has 1 aromatic carbocycles. The Hall–Kier alpha value is -1.55. The van der Waals surface area contributed by atoms with E-state index >= 15 is 0 Å². The summed E-state index contributed by atoms with van der Waals surface area (Å²) in [7, 11) is 0. The summed E-state index contributed by atoms with van der Waals surface area (Å²) in [5.41, 5.74) is 0.692. The molecule has 1 heterocycles. The van der Waals surface area contributed by atoms with Gasteiger partial charge < -0.3 is 14.5 Å². The van der Waals surface area contributed by atoms with Crippen molar-refractivity contribution in [1.82, 2.24) is 4.90 Å². The number of halogens is 1. The van der Waals surface area contributed by atoms with Crippen LogP contribution in [0.15, 0.2) is 18.2 Å². The third-order valence-corrected chi connectivity index (χ3v) is 3.84. The Morgan fingerprint density at radius 1 is 1.23 bits per heavy atom. The maximum atomic E-state index is 14.2. The van der Waals surface area contributed by atoms with Crippen molar-refractivity contribution >= 4 is 23.8 Å². The SMILES string of the molecule is CSOOOCc1ccc(F)c(N2CCN(C(=O)OC(C)(C)C)CC2)c1. The summed E-state index contributed by atoms with van der Waals surface area (Å²) >= 11 is 1.01. The predicted octanol–water partition coefficient (Wildman–Crippen LogP) is 3.54. The Labute approximate surface area is 157 Å². The number of ether oxygens (including phenoxy) is 1. The van der Waals surface area contributed by atoms with Crippen LogP contribution in [0.5, 0.6) is 0 Å². The number of rotatable bonds is 6. The fourth-order valence-electron chi connectivity index (χ4n) is 2.49. The van der Waals surface area contributed by atoms with E-state index in [-0.39, 0.29) is 18.5 Å². The van der Waals surface area contributed by atoms with Gasteiger partial charge in [-0.3, -0.25) is 0 Å². The van der Waals surface area contributed by atoms with Crippen LogP contribution in [0.25, 0.3) is 0 Å². The van der Waals surface area contributed by atoms with E-state index in [1.54, 1.807) is 23.3 Å². The Bertz CT molecular complexity index is 603. The first-order chi connectivity index (χ1) is 12.3. The Morgan fingerprint density at radius 2 is 1.92 bits per heavy atom. The molecular weight excluding hydrogens is 363 g/mol. The summed E-state index contributed by atoms with van der Waals surface area (Å²) in [5.74, 6) is -0.319. The molecule has 1 aromatic rings. The first-order valence-electron chi connectivity index (χ1n) is 8.30. The molecule has 0 aromatic heterocycles. The van der Waals surface area contributed by atoms with Gasteiger partial charge in [0.15, 0.2) is 0 Å². The predicted molar refractivity (Wildman–Crippen MR) is 96.9 cm³/mol. The highest BCUT2D eigenvalue weighted by Gasteiger charge is 2.26. The van der Waals surface area contributed by atoms with E-state index < -0.39 is 5.60 Å². The van der Waals surface area contributed by atoms with E-state index in [0.29, 0.717) is 31.9 Å². The van der Waals surface area contributed by atoms with E-state index in [1.165, 1.54) is 6.07 Å². The summed E-state index contributed by atoms with van der Waals surface area (Å²) in [6, 6.07) is 4.73. The smallest absolute Gasteiger partial charge is 0.410 e. The molecule has 26 heavy (non-hydrogen) atoms. The van der Waals surface area contributed by atoms with Crippen LogP contribution in [-0.2, 0) is 25.6 Å². The molecule has 7 nitrogen and oxygen atoms in total. The van der Waals surface area contributed by atoms with Crippen molar-refractivity contribution in [3.05, 3.63) is 29.6 Å². The maximum absolute atomic E-state index is 14.2. The average molecular weight is 388 g/mol. The molecule has 0 N–H and O–H groups in total. The molecule has 0 radical (unpaired) electrons. The Balaban J connectivity index is 1.92. The van der Waals surface area contributed by atoms with E-state index in [4.69, 9.17) is 9.62 Å². The first-order valence-corrected chi connectivity index (χ1v) is 9.45. The maximum Gasteiger partial charge on any atom is 0.410 e. The molecule has 1 saturated heterocycles. The van der Waals surface area contributed by atoms with Crippen LogP contribution in [0.2, 0.25) is 0 Å². The number of amides is 1. The summed E-state index contributed by atoms with van der Waals surface area (Å²) < 4.78 is 24.2. The zero-order chi connectivity index (χ0) is 19.2. The number of carbonyl (C=O) groups is 1. The molecule has 0 spiro atoms. The lowest BCUT2D eigenvalue weighted by Crippen LogP contribution is -2.50. The van der Waals surface area contributed by atoms with Gasteiger partial charge in [0.05, 0.1) is 5.69 Å². The minimum absolute atomic E-state index is 0.131. The molecular formula is C17H25FN2O5S. The fraction of sp³-hybridized carbons (Fsp3) is 0.588. The molecule has 146 valence electrons. The minimum atomic E-state index is -0.531. The third kappa shape index (κ3) is 6.31. The van der Waals surface area contributed by atoms with Gasteiger partial charge in [0.25, 0.3) is 0 Å². The Morgan fingerprint density at radius 3 is 2.54 bits per heavy atom. The van der Waals surface area contributed by atoms with Gasteiger partial charge in [0.1, 0.15) is 18.0 Å². The van der Waals surface area contributed by atoms with Crippen molar-refractivity contribution in [2.45, 2.75) is 33.0 Å². The highest BCUT2D eigenvalue weighted by molar-refractivity contribution is 7.93. The largest absolute Gasteiger partial charge is 0.444 e. The highest BCUT2D eigenvalue weighted by Crippen LogP contribution is 2.23.